The fourth-order valence-corrected chi connectivity index (χ4v) is 1.53. The second-order valence-electron chi connectivity index (χ2n) is 3.72. The zero-order valence-corrected chi connectivity index (χ0v) is 10.4. The van der Waals surface area contributed by atoms with Crippen LogP contribution in [0, 0.1) is 0 Å². The Kier molecular flexibility index (Phi) is 5.72. The second-order valence-corrected chi connectivity index (χ2v) is 3.72. The van der Waals surface area contributed by atoms with Gasteiger partial charge < -0.3 is 14.8 Å². The minimum atomic E-state index is 0.778. The second kappa shape index (κ2) is 7.12. The maximum absolute atomic E-state index is 5.25. The van der Waals surface area contributed by atoms with Crippen LogP contribution in [0.3, 0.4) is 0 Å². The Bertz CT molecular complexity index is 313. The molecule has 3 heteroatoms. The normalized spacial score (nSPS) is 10.2. The van der Waals surface area contributed by atoms with Gasteiger partial charge in [0.05, 0.1) is 14.2 Å². The smallest absolute Gasteiger partial charge is 0.161 e. The van der Waals surface area contributed by atoms with Gasteiger partial charge in [0, 0.05) is 6.54 Å². The quantitative estimate of drug-likeness (QED) is 0.721. The molecule has 3 nitrogen and oxygen atoms in total. The van der Waals surface area contributed by atoms with E-state index < -0.39 is 0 Å². The number of hydrogen-bond acceptors (Lipinski definition) is 3. The molecule has 0 fully saturated rings. The molecule has 1 N–H and O–H groups in total. The summed E-state index contributed by atoms with van der Waals surface area (Å²) in [4.78, 5) is 0. The third kappa shape index (κ3) is 3.74. The molecule has 0 saturated carbocycles. The van der Waals surface area contributed by atoms with Crippen LogP contribution in [0.5, 0.6) is 11.5 Å². The van der Waals surface area contributed by atoms with Gasteiger partial charge in [-0.05, 0) is 30.7 Å². The number of ether oxygens (including phenoxy) is 2. The van der Waals surface area contributed by atoms with Gasteiger partial charge >= 0.3 is 0 Å². The fraction of sp³-hybridized carbons (Fsp3) is 0.538. The lowest BCUT2D eigenvalue weighted by Crippen LogP contribution is -2.14. The van der Waals surface area contributed by atoms with Crippen LogP contribution >= 0.6 is 0 Å². The number of nitrogens with one attached hydrogen (secondary N) is 1. The van der Waals surface area contributed by atoms with E-state index >= 15 is 0 Å². The highest BCUT2D eigenvalue weighted by molar-refractivity contribution is 5.42. The van der Waals surface area contributed by atoms with E-state index in [1.807, 2.05) is 12.1 Å². The SMILES string of the molecule is CCCCNCc1ccc(OC)c(OC)c1. The van der Waals surface area contributed by atoms with Crippen molar-refractivity contribution in [1.29, 1.82) is 0 Å². The zero-order chi connectivity index (χ0) is 11.8. The lowest BCUT2D eigenvalue weighted by atomic mass is 10.2. The molecule has 0 aliphatic heterocycles. The molecule has 0 spiro atoms. The molecule has 0 unspecified atom stereocenters. The third-order valence-electron chi connectivity index (χ3n) is 2.48. The molecule has 0 radical (unpaired) electrons. The number of rotatable bonds is 7. The van der Waals surface area contributed by atoms with E-state index in [1.165, 1.54) is 18.4 Å². The summed E-state index contributed by atoms with van der Waals surface area (Å²) in [5.74, 6) is 1.57. The lowest BCUT2D eigenvalue weighted by molar-refractivity contribution is 0.354. The average molecular weight is 223 g/mol. The molecule has 0 bridgehead atoms. The van der Waals surface area contributed by atoms with Crippen LogP contribution in [0.25, 0.3) is 0 Å². The molecule has 0 aromatic heterocycles. The number of benzene rings is 1. The molecule has 0 amide bonds. The van der Waals surface area contributed by atoms with E-state index in [2.05, 4.69) is 18.3 Å². The van der Waals surface area contributed by atoms with Crippen LogP contribution in [0.4, 0.5) is 0 Å². The van der Waals surface area contributed by atoms with Gasteiger partial charge in [-0.15, -0.1) is 0 Å². The molecular weight excluding hydrogens is 202 g/mol. The Balaban J connectivity index is 2.54. The Labute approximate surface area is 97.8 Å². The van der Waals surface area contributed by atoms with Crippen molar-refractivity contribution in [1.82, 2.24) is 5.32 Å². The molecule has 16 heavy (non-hydrogen) atoms. The van der Waals surface area contributed by atoms with Crippen molar-refractivity contribution in [3.8, 4) is 11.5 Å². The monoisotopic (exact) mass is 223 g/mol. The van der Waals surface area contributed by atoms with Crippen LogP contribution in [0.1, 0.15) is 25.3 Å². The van der Waals surface area contributed by atoms with Crippen molar-refractivity contribution >= 4 is 0 Å². The number of hydrogen-bond donors (Lipinski definition) is 1. The van der Waals surface area contributed by atoms with Crippen molar-refractivity contribution in [3.05, 3.63) is 23.8 Å². The predicted molar refractivity (Wildman–Crippen MR) is 66.2 cm³/mol. The Morgan fingerprint density at radius 2 is 1.88 bits per heavy atom. The van der Waals surface area contributed by atoms with Gasteiger partial charge in [0.25, 0.3) is 0 Å². The van der Waals surface area contributed by atoms with Gasteiger partial charge in [-0.1, -0.05) is 19.4 Å². The van der Waals surface area contributed by atoms with E-state index in [1.54, 1.807) is 14.2 Å². The summed E-state index contributed by atoms with van der Waals surface area (Å²) < 4.78 is 10.4. The van der Waals surface area contributed by atoms with Crippen molar-refractivity contribution in [3.63, 3.8) is 0 Å². The van der Waals surface area contributed by atoms with E-state index in [4.69, 9.17) is 9.47 Å². The van der Waals surface area contributed by atoms with Gasteiger partial charge in [-0.2, -0.15) is 0 Å². The topological polar surface area (TPSA) is 30.5 Å². The molecule has 0 heterocycles. The van der Waals surface area contributed by atoms with Gasteiger partial charge in [0.2, 0.25) is 0 Å². The highest BCUT2D eigenvalue weighted by atomic mass is 16.5. The zero-order valence-electron chi connectivity index (χ0n) is 10.4. The predicted octanol–water partition coefficient (Wildman–Crippen LogP) is 2.59. The first-order valence-electron chi connectivity index (χ1n) is 5.73. The van der Waals surface area contributed by atoms with E-state index in [-0.39, 0.29) is 0 Å². The minimum absolute atomic E-state index is 0.778. The molecule has 90 valence electrons. The molecule has 0 atom stereocenters. The average Bonchev–Trinajstić information content (AvgIpc) is 2.34. The Morgan fingerprint density at radius 3 is 2.50 bits per heavy atom. The molecule has 1 rings (SSSR count). The van der Waals surface area contributed by atoms with Gasteiger partial charge in [0.15, 0.2) is 11.5 Å². The highest BCUT2D eigenvalue weighted by Gasteiger charge is 2.03. The standard InChI is InChI=1S/C13H21NO2/c1-4-5-8-14-10-11-6-7-12(15-2)13(9-11)16-3/h6-7,9,14H,4-5,8,10H2,1-3H3. The van der Waals surface area contributed by atoms with Crippen molar-refractivity contribution in [2.45, 2.75) is 26.3 Å². The summed E-state index contributed by atoms with van der Waals surface area (Å²) >= 11 is 0. The minimum Gasteiger partial charge on any atom is -0.493 e. The maximum Gasteiger partial charge on any atom is 0.161 e. The molecule has 1 aromatic carbocycles. The van der Waals surface area contributed by atoms with Crippen LogP contribution in [0.15, 0.2) is 18.2 Å². The first kappa shape index (κ1) is 12.8. The molecule has 0 saturated heterocycles. The summed E-state index contributed by atoms with van der Waals surface area (Å²) in [7, 11) is 3.31. The first-order chi connectivity index (χ1) is 7.81. The first-order valence-corrected chi connectivity index (χ1v) is 5.73. The van der Waals surface area contributed by atoms with Gasteiger partial charge in [-0.3, -0.25) is 0 Å². The Hall–Kier alpha value is -1.22. The van der Waals surface area contributed by atoms with E-state index in [0.717, 1.165) is 24.6 Å². The lowest BCUT2D eigenvalue weighted by Gasteiger charge is -2.10. The Morgan fingerprint density at radius 1 is 1.12 bits per heavy atom. The molecule has 0 aliphatic carbocycles. The number of methoxy groups -OCH3 is 2. The van der Waals surface area contributed by atoms with E-state index in [9.17, 15) is 0 Å². The summed E-state index contributed by atoms with van der Waals surface area (Å²) in [5, 5.41) is 3.40. The van der Waals surface area contributed by atoms with Crippen molar-refractivity contribution in [2.75, 3.05) is 20.8 Å². The van der Waals surface area contributed by atoms with Gasteiger partial charge in [0.1, 0.15) is 0 Å². The maximum atomic E-state index is 5.25. The van der Waals surface area contributed by atoms with Crippen LogP contribution in [-0.2, 0) is 6.54 Å². The molecule has 1 aromatic rings. The van der Waals surface area contributed by atoms with Crippen LogP contribution in [-0.4, -0.2) is 20.8 Å². The summed E-state index contributed by atoms with van der Waals surface area (Å²) in [6.07, 6.45) is 2.44. The van der Waals surface area contributed by atoms with E-state index in [0.29, 0.717) is 0 Å². The van der Waals surface area contributed by atoms with Gasteiger partial charge in [-0.25, -0.2) is 0 Å². The van der Waals surface area contributed by atoms with Crippen LogP contribution in [0.2, 0.25) is 0 Å². The molecule has 0 aliphatic rings. The summed E-state index contributed by atoms with van der Waals surface area (Å²) in [6.45, 7) is 4.13. The summed E-state index contributed by atoms with van der Waals surface area (Å²) in [6, 6.07) is 6.01. The number of unbranched alkanes of at least 4 members (excludes halogenated alkanes) is 1. The molecular formula is C13H21NO2. The third-order valence-corrected chi connectivity index (χ3v) is 2.48. The van der Waals surface area contributed by atoms with Crippen LogP contribution < -0.4 is 14.8 Å². The summed E-state index contributed by atoms with van der Waals surface area (Å²) in [5.41, 5.74) is 1.22. The van der Waals surface area contributed by atoms with Crippen molar-refractivity contribution < 1.29 is 9.47 Å². The van der Waals surface area contributed by atoms with Crippen molar-refractivity contribution in [2.24, 2.45) is 0 Å². The largest absolute Gasteiger partial charge is 0.493 e. The highest BCUT2D eigenvalue weighted by Crippen LogP contribution is 2.27. The fourth-order valence-electron chi connectivity index (χ4n) is 1.53.